The number of fused-ring (bicyclic) bond motifs is 1. The topological polar surface area (TPSA) is 106 Å². The van der Waals surface area contributed by atoms with Crippen LogP contribution in [0.2, 0.25) is 0 Å². The molecule has 2 fully saturated rings. The molecule has 2 aromatic carbocycles. The van der Waals surface area contributed by atoms with Gasteiger partial charge in [-0.3, -0.25) is 0 Å². The largest absolute Gasteiger partial charge is 0.371 e. The molecule has 4 aromatic rings. The zero-order chi connectivity index (χ0) is 21.3. The predicted molar refractivity (Wildman–Crippen MR) is 114 cm³/mol. The van der Waals surface area contributed by atoms with Gasteiger partial charge in [-0.05, 0) is 68.6 Å². The third kappa shape index (κ3) is 3.68. The fourth-order valence-corrected chi connectivity index (χ4v) is 5.68. The Balaban J connectivity index is 1.21. The van der Waals surface area contributed by atoms with Gasteiger partial charge in [-0.15, -0.1) is 10.2 Å². The summed E-state index contributed by atoms with van der Waals surface area (Å²) in [5.74, 6) is 0. The highest BCUT2D eigenvalue weighted by molar-refractivity contribution is 7.99. The SMILES string of the molecule is c1ccc(Sc2nnnn2[C@@H]2CO[C@@H]3[C@@H]2OC[C@@H]3n2nnnc2Sc2ccccc2)cc1. The average molecular weight is 467 g/mol. The average Bonchev–Trinajstić information content (AvgIpc) is 3.60. The maximum Gasteiger partial charge on any atom is 0.214 e. The summed E-state index contributed by atoms with van der Waals surface area (Å²) in [5, 5.41) is 26.1. The molecular weight excluding hydrogens is 448 g/mol. The van der Waals surface area contributed by atoms with Crippen molar-refractivity contribution in [2.45, 2.75) is 44.4 Å². The van der Waals surface area contributed by atoms with Crippen molar-refractivity contribution in [3.05, 3.63) is 60.7 Å². The maximum absolute atomic E-state index is 6.18. The number of ether oxygens (including phenoxy) is 2. The molecule has 0 amide bonds. The second kappa shape index (κ2) is 8.62. The van der Waals surface area contributed by atoms with E-state index in [-0.39, 0.29) is 24.3 Å². The van der Waals surface area contributed by atoms with E-state index >= 15 is 0 Å². The summed E-state index contributed by atoms with van der Waals surface area (Å²) in [6.45, 7) is 0.922. The van der Waals surface area contributed by atoms with E-state index in [4.69, 9.17) is 9.47 Å². The standard InChI is InChI=1S/C20H18N8O2S2/c1-3-7-13(8-4-1)31-19-21-23-25-27(19)15-11-29-18-16(12-30-17(15)18)28-20(22-24-26-28)32-14-9-5-2-6-10-14/h1-10,15-18H,11-12H2/t15-,16+,17-,18+. The van der Waals surface area contributed by atoms with Crippen molar-refractivity contribution in [3.8, 4) is 0 Å². The van der Waals surface area contributed by atoms with Crippen molar-refractivity contribution in [1.29, 1.82) is 0 Å². The van der Waals surface area contributed by atoms with Gasteiger partial charge in [0.25, 0.3) is 0 Å². The van der Waals surface area contributed by atoms with E-state index in [9.17, 15) is 0 Å². The van der Waals surface area contributed by atoms with Crippen LogP contribution in [0.1, 0.15) is 12.1 Å². The Kier molecular flexibility index (Phi) is 5.35. The minimum Gasteiger partial charge on any atom is -0.371 e. The molecule has 4 atom stereocenters. The highest BCUT2D eigenvalue weighted by Crippen LogP contribution is 2.41. The molecule has 0 saturated carbocycles. The lowest BCUT2D eigenvalue weighted by Gasteiger charge is -2.17. The molecule has 10 nitrogen and oxygen atoms in total. The van der Waals surface area contributed by atoms with Gasteiger partial charge in [-0.2, -0.15) is 0 Å². The fourth-order valence-electron chi connectivity index (χ4n) is 3.99. The molecule has 0 unspecified atom stereocenters. The van der Waals surface area contributed by atoms with E-state index < -0.39 is 0 Å². The van der Waals surface area contributed by atoms with Crippen molar-refractivity contribution in [2.24, 2.45) is 0 Å². The van der Waals surface area contributed by atoms with Crippen molar-refractivity contribution >= 4 is 23.5 Å². The Bertz CT molecular complexity index is 1090. The number of benzene rings is 2. The highest BCUT2D eigenvalue weighted by atomic mass is 32.2. The van der Waals surface area contributed by atoms with Crippen molar-refractivity contribution in [3.63, 3.8) is 0 Å². The second-order valence-electron chi connectivity index (χ2n) is 7.37. The molecule has 0 bridgehead atoms. The molecule has 0 spiro atoms. The Morgan fingerprint density at radius 3 is 1.53 bits per heavy atom. The number of hydrogen-bond donors (Lipinski definition) is 0. The van der Waals surface area contributed by atoms with Crippen LogP contribution in [-0.2, 0) is 9.47 Å². The summed E-state index contributed by atoms with van der Waals surface area (Å²) >= 11 is 3.04. The molecule has 2 aliphatic heterocycles. The van der Waals surface area contributed by atoms with Gasteiger partial charge in [0.1, 0.15) is 24.3 Å². The normalized spacial score (nSPS) is 24.6. The lowest BCUT2D eigenvalue weighted by Crippen LogP contribution is -2.30. The summed E-state index contributed by atoms with van der Waals surface area (Å²) < 4.78 is 16.0. The number of nitrogens with zero attached hydrogens (tertiary/aromatic N) is 8. The molecule has 2 saturated heterocycles. The zero-order valence-corrected chi connectivity index (χ0v) is 18.3. The fraction of sp³-hybridized carbons (Fsp3) is 0.300. The van der Waals surface area contributed by atoms with Gasteiger partial charge in [-0.25, -0.2) is 9.36 Å². The van der Waals surface area contributed by atoms with Crippen LogP contribution in [-0.4, -0.2) is 65.8 Å². The number of aromatic nitrogens is 8. The van der Waals surface area contributed by atoms with Crippen LogP contribution in [0.5, 0.6) is 0 Å². The van der Waals surface area contributed by atoms with Gasteiger partial charge in [0, 0.05) is 9.79 Å². The summed E-state index contributed by atoms with van der Waals surface area (Å²) in [6.07, 6.45) is -0.366. The van der Waals surface area contributed by atoms with Crippen LogP contribution in [0.15, 0.2) is 80.8 Å². The van der Waals surface area contributed by atoms with Gasteiger partial charge >= 0.3 is 0 Å². The summed E-state index contributed by atoms with van der Waals surface area (Å²) in [4.78, 5) is 2.14. The number of tetrazole rings is 2. The molecule has 0 N–H and O–H groups in total. The van der Waals surface area contributed by atoms with Gasteiger partial charge in [0.2, 0.25) is 10.3 Å². The van der Waals surface area contributed by atoms with Crippen molar-refractivity contribution < 1.29 is 9.47 Å². The molecule has 6 rings (SSSR count). The summed E-state index contributed by atoms with van der Waals surface area (Å²) in [7, 11) is 0. The first-order valence-electron chi connectivity index (χ1n) is 10.1. The lowest BCUT2D eigenvalue weighted by molar-refractivity contribution is 0.0589. The Morgan fingerprint density at radius 1 is 0.656 bits per heavy atom. The smallest absolute Gasteiger partial charge is 0.214 e. The van der Waals surface area contributed by atoms with Gasteiger partial charge in [-0.1, -0.05) is 36.4 Å². The first kappa shape index (κ1) is 19.9. The molecule has 0 radical (unpaired) electrons. The van der Waals surface area contributed by atoms with Crippen LogP contribution in [0.3, 0.4) is 0 Å². The van der Waals surface area contributed by atoms with Gasteiger partial charge in [0.15, 0.2) is 0 Å². The van der Waals surface area contributed by atoms with Crippen molar-refractivity contribution in [2.75, 3.05) is 13.2 Å². The van der Waals surface area contributed by atoms with Crippen LogP contribution >= 0.6 is 23.5 Å². The van der Waals surface area contributed by atoms with Crippen molar-refractivity contribution in [1.82, 2.24) is 40.4 Å². The summed E-state index contributed by atoms with van der Waals surface area (Å²) in [6, 6.07) is 19.8. The van der Waals surface area contributed by atoms with E-state index in [0.29, 0.717) is 23.5 Å². The third-order valence-electron chi connectivity index (χ3n) is 5.46. The maximum atomic E-state index is 6.18. The second-order valence-corrected chi connectivity index (χ2v) is 9.45. The first-order valence-corrected chi connectivity index (χ1v) is 11.7. The van der Waals surface area contributed by atoms with Gasteiger partial charge in [0.05, 0.1) is 13.2 Å². The zero-order valence-electron chi connectivity index (χ0n) is 16.7. The predicted octanol–water partition coefficient (Wildman–Crippen LogP) is 2.54. The molecule has 32 heavy (non-hydrogen) atoms. The van der Waals surface area contributed by atoms with Crippen LogP contribution in [0.4, 0.5) is 0 Å². The lowest BCUT2D eigenvalue weighted by atomic mass is 10.1. The van der Waals surface area contributed by atoms with Crippen LogP contribution in [0, 0.1) is 0 Å². The molecule has 0 aliphatic carbocycles. The minimum atomic E-state index is -0.183. The van der Waals surface area contributed by atoms with Crippen LogP contribution in [0.25, 0.3) is 0 Å². The number of rotatable bonds is 6. The minimum absolute atomic E-state index is 0.118. The van der Waals surface area contributed by atoms with E-state index in [1.165, 1.54) is 23.5 Å². The quantitative estimate of drug-likeness (QED) is 0.421. The van der Waals surface area contributed by atoms with E-state index in [1.807, 2.05) is 70.0 Å². The molecule has 162 valence electrons. The summed E-state index contributed by atoms with van der Waals surface area (Å²) in [5.41, 5.74) is 0. The molecular formula is C20H18N8O2S2. The Morgan fingerprint density at radius 2 is 1.09 bits per heavy atom. The number of hydrogen-bond acceptors (Lipinski definition) is 10. The van der Waals surface area contributed by atoms with Crippen LogP contribution < -0.4 is 0 Å². The Hall–Kier alpha value is -2.80. The molecule has 2 aromatic heterocycles. The van der Waals surface area contributed by atoms with E-state index in [2.05, 4.69) is 31.1 Å². The third-order valence-corrected chi connectivity index (χ3v) is 7.38. The highest BCUT2D eigenvalue weighted by Gasteiger charge is 2.51. The first-order chi connectivity index (χ1) is 15.9. The Labute approximate surface area is 191 Å². The van der Waals surface area contributed by atoms with E-state index in [0.717, 1.165) is 9.79 Å². The molecule has 2 aliphatic rings. The van der Waals surface area contributed by atoms with Gasteiger partial charge < -0.3 is 9.47 Å². The van der Waals surface area contributed by atoms with E-state index in [1.54, 1.807) is 0 Å². The molecule has 4 heterocycles. The monoisotopic (exact) mass is 466 g/mol. The molecule has 12 heteroatoms.